The van der Waals surface area contributed by atoms with Gasteiger partial charge in [-0.15, -0.1) is 0 Å². The van der Waals surface area contributed by atoms with E-state index >= 15 is 0 Å². The second-order valence-corrected chi connectivity index (χ2v) is 7.35. The Hall–Kier alpha value is -2.96. The zero-order valence-corrected chi connectivity index (χ0v) is 16.4. The summed E-state index contributed by atoms with van der Waals surface area (Å²) in [6, 6.07) is 9.97. The SMILES string of the molecule is Cc1nc(NCCNC(=O)C2CCCC2)c2c(C)nn(-c3ccccc3)c2n1. The van der Waals surface area contributed by atoms with E-state index in [9.17, 15) is 4.79 Å². The first-order valence-electron chi connectivity index (χ1n) is 9.94. The third kappa shape index (κ3) is 3.69. The third-order valence-electron chi connectivity index (χ3n) is 5.26. The molecule has 0 atom stereocenters. The van der Waals surface area contributed by atoms with Gasteiger partial charge in [0.05, 0.1) is 16.8 Å². The Balaban J connectivity index is 1.51. The van der Waals surface area contributed by atoms with Gasteiger partial charge in [0.2, 0.25) is 5.91 Å². The average molecular weight is 378 g/mol. The summed E-state index contributed by atoms with van der Waals surface area (Å²) in [4.78, 5) is 21.4. The molecule has 4 rings (SSSR count). The van der Waals surface area contributed by atoms with Crippen LogP contribution in [0.1, 0.15) is 37.2 Å². The standard InChI is InChI=1S/C21H26N6O/c1-14-18-19(22-12-13-23-21(28)16-8-6-7-9-16)24-15(2)25-20(18)27(26-14)17-10-4-3-5-11-17/h3-5,10-11,16H,6-9,12-13H2,1-2H3,(H,23,28)(H,22,24,25). The fraction of sp³-hybridized carbons (Fsp3) is 0.429. The van der Waals surface area contributed by atoms with Crippen LogP contribution < -0.4 is 10.6 Å². The van der Waals surface area contributed by atoms with E-state index in [4.69, 9.17) is 0 Å². The second kappa shape index (κ2) is 7.96. The molecule has 1 aliphatic rings. The highest BCUT2D eigenvalue weighted by molar-refractivity contribution is 5.90. The quantitative estimate of drug-likeness (QED) is 0.644. The summed E-state index contributed by atoms with van der Waals surface area (Å²) in [5, 5.41) is 12.0. The van der Waals surface area contributed by atoms with Crippen LogP contribution in [0.4, 0.5) is 5.82 Å². The van der Waals surface area contributed by atoms with Gasteiger partial charge in [0.25, 0.3) is 0 Å². The molecule has 1 amide bonds. The van der Waals surface area contributed by atoms with Crippen LogP contribution in [0.3, 0.4) is 0 Å². The Morgan fingerprint density at radius 3 is 2.61 bits per heavy atom. The minimum Gasteiger partial charge on any atom is -0.368 e. The smallest absolute Gasteiger partial charge is 0.223 e. The van der Waals surface area contributed by atoms with E-state index in [0.29, 0.717) is 18.9 Å². The Morgan fingerprint density at radius 2 is 1.86 bits per heavy atom. The summed E-state index contributed by atoms with van der Waals surface area (Å²) >= 11 is 0. The van der Waals surface area contributed by atoms with Gasteiger partial charge >= 0.3 is 0 Å². The molecule has 0 aliphatic heterocycles. The molecule has 0 radical (unpaired) electrons. The molecule has 0 bridgehead atoms. The molecular weight excluding hydrogens is 352 g/mol. The monoisotopic (exact) mass is 378 g/mol. The summed E-state index contributed by atoms with van der Waals surface area (Å²) < 4.78 is 1.85. The maximum atomic E-state index is 12.2. The van der Waals surface area contributed by atoms with Crippen molar-refractivity contribution >= 4 is 22.8 Å². The molecule has 0 spiro atoms. The van der Waals surface area contributed by atoms with Crippen LogP contribution in [0.2, 0.25) is 0 Å². The lowest BCUT2D eigenvalue weighted by molar-refractivity contribution is -0.124. The van der Waals surface area contributed by atoms with Crippen LogP contribution >= 0.6 is 0 Å². The molecule has 3 aromatic rings. The number of para-hydroxylation sites is 1. The minimum atomic E-state index is 0.177. The Morgan fingerprint density at radius 1 is 1.11 bits per heavy atom. The second-order valence-electron chi connectivity index (χ2n) is 7.35. The molecule has 146 valence electrons. The van der Waals surface area contributed by atoms with Crippen molar-refractivity contribution in [1.29, 1.82) is 0 Å². The fourth-order valence-electron chi connectivity index (χ4n) is 3.87. The summed E-state index contributed by atoms with van der Waals surface area (Å²) in [5.41, 5.74) is 2.62. The van der Waals surface area contributed by atoms with Crippen molar-refractivity contribution in [3.05, 3.63) is 41.9 Å². The number of anilines is 1. The van der Waals surface area contributed by atoms with Crippen molar-refractivity contribution in [2.75, 3.05) is 18.4 Å². The number of aryl methyl sites for hydroxylation is 2. The number of amides is 1. The van der Waals surface area contributed by atoms with Crippen LogP contribution in [0.15, 0.2) is 30.3 Å². The average Bonchev–Trinajstić information content (AvgIpc) is 3.34. The Kier molecular flexibility index (Phi) is 5.23. The van der Waals surface area contributed by atoms with Gasteiger partial charge in [-0.1, -0.05) is 31.0 Å². The van der Waals surface area contributed by atoms with Crippen LogP contribution in [0, 0.1) is 19.8 Å². The summed E-state index contributed by atoms with van der Waals surface area (Å²) in [6.45, 7) is 5.03. The predicted molar refractivity (Wildman–Crippen MR) is 110 cm³/mol. The number of nitrogens with one attached hydrogen (secondary N) is 2. The number of aromatic nitrogens is 4. The molecule has 0 saturated heterocycles. The highest BCUT2D eigenvalue weighted by Crippen LogP contribution is 2.26. The van der Waals surface area contributed by atoms with E-state index in [-0.39, 0.29) is 11.8 Å². The number of hydrogen-bond acceptors (Lipinski definition) is 5. The summed E-state index contributed by atoms with van der Waals surface area (Å²) in [7, 11) is 0. The van der Waals surface area contributed by atoms with E-state index in [1.54, 1.807) is 0 Å². The number of benzene rings is 1. The minimum absolute atomic E-state index is 0.177. The summed E-state index contributed by atoms with van der Waals surface area (Å²) in [5.74, 6) is 1.81. The molecule has 7 heteroatoms. The van der Waals surface area contributed by atoms with E-state index in [1.165, 1.54) is 12.8 Å². The van der Waals surface area contributed by atoms with E-state index in [0.717, 1.165) is 41.1 Å². The van der Waals surface area contributed by atoms with Gasteiger partial charge in [0.15, 0.2) is 5.65 Å². The maximum absolute atomic E-state index is 12.2. The van der Waals surface area contributed by atoms with Crippen LogP contribution in [0.5, 0.6) is 0 Å². The third-order valence-corrected chi connectivity index (χ3v) is 5.26. The zero-order valence-electron chi connectivity index (χ0n) is 16.4. The molecule has 2 aromatic heterocycles. The van der Waals surface area contributed by atoms with Crippen LogP contribution in [0.25, 0.3) is 16.7 Å². The molecular formula is C21H26N6O. The Bertz CT molecular complexity index is 975. The number of carbonyl (C=O) groups is 1. The number of carbonyl (C=O) groups excluding carboxylic acids is 1. The molecule has 7 nitrogen and oxygen atoms in total. The highest BCUT2D eigenvalue weighted by Gasteiger charge is 2.22. The number of nitrogens with zero attached hydrogens (tertiary/aromatic N) is 4. The first-order chi connectivity index (χ1) is 13.6. The van der Waals surface area contributed by atoms with Crippen LogP contribution in [-0.4, -0.2) is 38.7 Å². The van der Waals surface area contributed by atoms with Gasteiger partial charge in [-0.05, 0) is 38.8 Å². The first kappa shape index (κ1) is 18.4. The lowest BCUT2D eigenvalue weighted by Crippen LogP contribution is -2.33. The maximum Gasteiger partial charge on any atom is 0.223 e. The van der Waals surface area contributed by atoms with Crippen molar-refractivity contribution in [1.82, 2.24) is 25.1 Å². The largest absolute Gasteiger partial charge is 0.368 e. The normalized spacial score (nSPS) is 14.5. The van der Waals surface area contributed by atoms with E-state index < -0.39 is 0 Å². The highest BCUT2D eigenvalue weighted by atomic mass is 16.1. The molecule has 1 fully saturated rings. The molecule has 1 saturated carbocycles. The molecule has 1 aliphatic carbocycles. The topological polar surface area (TPSA) is 84.7 Å². The van der Waals surface area contributed by atoms with Gasteiger partial charge in [-0.3, -0.25) is 4.79 Å². The number of fused-ring (bicyclic) bond motifs is 1. The van der Waals surface area contributed by atoms with E-state index in [1.807, 2.05) is 48.9 Å². The Labute approximate surface area is 164 Å². The van der Waals surface area contributed by atoms with Crippen LogP contribution in [-0.2, 0) is 4.79 Å². The van der Waals surface area contributed by atoms with Gasteiger partial charge in [0.1, 0.15) is 11.6 Å². The number of hydrogen-bond donors (Lipinski definition) is 2. The first-order valence-corrected chi connectivity index (χ1v) is 9.94. The molecule has 0 unspecified atom stereocenters. The van der Waals surface area contributed by atoms with Crippen molar-refractivity contribution in [3.63, 3.8) is 0 Å². The van der Waals surface area contributed by atoms with Crippen molar-refractivity contribution in [2.45, 2.75) is 39.5 Å². The molecule has 2 N–H and O–H groups in total. The van der Waals surface area contributed by atoms with Crippen molar-refractivity contribution < 1.29 is 4.79 Å². The lowest BCUT2D eigenvalue weighted by atomic mass is 10.1. The van der Waals surface area contributed by atoms with Gasteiger partial charge in [-0.2, -0.15) is 5.10 Å². The van der Waals surface area contributed by atoms with Gasteiger partial charge in [0, 0.05) is 19.0 Å². The predicted octanol–water partition coefficient (Wildman–Crippen LogP) is 3.15. The molecule has 1 aromatic carbocycles. The number of rotatable bonds is 6. The lowest BCUT2D eigenvalue weighted by Gasteiger charge is -2.12. The van der Waals surface area contributed by atoms with Gasteiger partial charge in [-0.25, -0.2) is 14.6 Å². The van der Waals surface area contributed by atoms with Crippen molar-refractivity contribution in [3.8, 4) is 5.69 Å². The molecule has 2 heterocycles. The summed E-state index contributed by atoms with van der Waals surface area (Å²) in [6.07, 6.45) is 4.37. The zero-order chi connectivity index (χ0) is 19.5. The van der Waals surface area contributed by atoms with Gasteiger partial charge < -0.3 is 10.6 Å². The van der Waals surface area contributed by atoms with E-state index in [2.05, 4.69) is 25.7 Å². The fourth-order valence-corrected chi connectivity index (χ4v) is 3.87. The molecule has 28 heavy (non-hydrogen) atoms. The van der Waals surface area contributed by atoms with Crippen molar-refractivity contribution in [2.24, 2.45) is 5.92 Å².